The molecule has 0 aliphatic rings. The number of fused-ring (bicyclic) bond motifs is 1. The predicted molar refractivity (Wildman–Crippen MR) is 68.9 cm³/mol. The van der Waals surface area contributed by atoms with Crippen LogP contribution in [-0.2, 0) is 0 Å². The highest BCUT2D eigenvalue weighted by molar-refractivity contribution is 5.88. The number of nitrogens with zero attached hydrogens (tertiary/aromatic N) is 2. The van der Waals surface area contributed by atoms with Gasteiger partial charge >= 0.3 is 0 Å². The summed E-state index contributed by atoms with van der Waals surface area (Å²) in [6.45, 7) is 2.03. The summed E-state index contributed by atoms with van der Waals surface area (Å²) in [5.41, 5.74) is 4.36. The van der Waals surface area contributed by atoms with Gasteiger partial charge in [0.05, 0.1) is 11.8 Å². The Bertz CT molecular complexity index is 766. The number of benzene rings is 1. The zero-order valence-electron chi connectivity index (χ0n) is 9.84. The van der Waals surface area contributed by atoms with Crippen LogP contribution in [0.5, 0.6) is 0 Å². The first-order chi connectivity index (χ1) is 8.79. The molecule has 3 heteroatoms. The van der Waals surface area contributed by atoms with Gasteiger partial charge in [0, 0.05) is 23.3 Å². The van der Waals surface area contributed by atoms with Crippen molar-refractivity contribution in [2.24, 2.45) is 0 Å². The van der Waals surface area contributed by atoms with Crippen molar-refractivity contribution in [1.82, 2.24) is 4.98 Å². The number of hydrogen-bond donors (Lipinski definition) is 0. The summed E-state index contributed by atoms with van der Waals surface area (Å²) in [7, 11) is 0. The van der Waals surface area contributed by atoms with Gasteiger partial charge in [-0.05, 0) is 42.3 Å². The summed E-state index contributed by atoms with van der Waals surface area (Å²) in [6.07, 6.45) is 5.18. The second-order valence-electron chi connectivity index (χ2n) is 4.17. The number of aromatic nitrogens is 1. The van der Waals surface area contributed by atoms with Crippen LogP contribution in [0.3, 0.4) is 0 Å². The molecule has 0 aliphatic heterocycles. The molecule has 0 aliphatic carbocycles. The van der Waals surface area contributed by atoms with Crippen molar-refractivity contribution >= 4 is 11.0 Å². The number of rotatable bonds is 1. The molecule has 0 saturated heterocycles. The SMILES string of the molecule is Cc1ccncc1-c1cc(C#N)c2occc2c1. The zero-order chi connectivity index (χ0) is 12.5. The van der Waals surface area contributed by atoms with Gasteiger partial charge in [0.1, 0.15) is 6.07 Å². The fourth-order valence-corrected chi connectivity index (χ4v) is 2.09. The molecule has 2 aromatic heterocycles. The van der Waals surface area contributed by atoms with Crippen LogP contribution in [0.25, 0.3) is 22.1 Å². The van der Waals surface area contributed by atoms with Crippen molar-refractivity contribution < 1.29 is 4.42 Å². The Morgan fingerprint density at radius 3 is 2.94 bits per heavy atom. The molecule has 0 unspecified atom stereocenters. The summed E-state index contributed by atoms with van der Waals surface area (Å²) in [6, 6.07) is 9.86. The fourth-order valence-electron chi connectivity index (χ4n) is 2.09. The monoisotopic (exact) mass is 234 g/mol. The molecule has 0 saturated carbocycles. The summed E-state index contributed by atoms with van der Waals surface area (Å²) < 4.78 is 5.32. The molecule has 1 aromatic carbocycles. The van der Waals surface area contributed by atoms with Crippen molar-refractivity contribution in [3.05, 3.63) is 54.0 Å². The third-order valence-corrected chi connectivity index (χ3v) is 3.02. The summed E-state index contributed by atoms with van der Waals surface area (Å²) >= 11 is 0. The topological polar surface area (TPSA) is 49.8 Å². The molecule has 0 bridgehead atoms. The van der Waals surface area contributed by atoms with Gasteiger partial charge < -0.3 is 4.42 Å². The van der Waals surface area contributed by atoms with Gasteiger partial charge in [0.25, 0.3) is 0 Å². The van der Waals surface area contributed by atoms with Gasteiger partial charge in [-0.15, -0.1) is 0 Å². The average molecular weight is 234 g/mol. The van der Waals surface area contributed by atoms with Crippen LogP contribution >= 0.6 is 0 Å². The molecule has 0 fully saturated rings. The minimum Gasteiger partial charge on any atom is -0.463 e. The molecular formula is C15H10N2O. The molecule has 3 aromatic rings. The van der Waals surface area contributed by atoms with Crippen LogP contribution in [0.1, 0.15) is 11.1 Å². The van der Waals surface area contributed by atoms with Gasteiger partial charge in [-0.3, -0.25) is 4.98 Å². The Hall–Kier alpha value is -2.60. The lowest BCUT2D eigenvalue weighted by Gasteiger charge is -2.05. The maximum atomic E-state index is 9.17. The second-order valence-corrected chi connectivity index (χ2v) is 4.17. The van der Waals surface area contributed by atoms with Crippen LogP contribution in [0.4, 0.5) is 0 Å². The Morgan fingerprint density at radius 2 is 2.17 bits per heavy atom. The molecule has 0 radical (unpaired) electrons. The predicted octanol–water partition coefficient (Wildman–Crippen LogP) is 3.67. The van der Waals surface area contributed by atoms with Crippen LogP contribution in [0, 0.1) is 18.3 Å². The maximum absolute atomic E-state index is 9.17. The molecule has 0 N–H and O–H groups in total. The van der Waals surface area contributed by atoms with E-state index in [0.29, 0.717) is 11.1 Å². The Balaban J connectivity index is 2.31. The summed E-state index contributed by atoms with van der Waals surface area (Å²) in [5, 5.41) is 10.1. The Morgan fingerprint density at radius 1 is 1.28 bits per heavy atom. The smallest absolute Gasteiger partial charge is 0.151 e. The Kier molecular flexibility index (Phi) is 2.35. The molecule has 0 spiro atoms. The van der Waals surface area contributed by atoms with E-state index in [-0.39, 0.29) is 0 Å². The highest BCUT2D eigenvalue weighted by Gasteiger charge is 2.09. The molecule has 86 valence electrons. The lowest BCUT2D eigenvalue weighted by molar-refractivity contribution is 0.615. The van der Waals surface area contributed by atoms with Crippen molar-refractivity contribution in [2.45, 2.75) is 6.92 Å². The van der Waals surface area contributed by atoms with Gasteiger partial charge in [-0.25, -0.2) is 0 Å². The summed E-state index contributed by atoms with van der Waals surface area (Å²) in [5.74, 6) is 0. The van der Waals surface area contributed by atoms with Crippen LogP contribution in [0.2, 0.25) is 0 Å². The highest BCUT2D eigenvalue weighted by Crippen LogP contribution is 2.29. The number of nitriles is 1. The van der Waals surface area contributed by atoms with E-state index in [1.807, 2.05) is 37.4 Å². The number of aryl methyl sites for hydroxylation is 1. The average Bonchev–Trinajstić information content (AvgIpc) is 2.86. The molecule has 0 amide bonds. The van der Waals surface area contributed by atoms with Crippen molar-refractivity contribution in [3.8, 4) is 17.2 Å². The van der Waals surface area contributed by atoms with E-state index < -0.39 is 0 Å². The fraction of sp³-hybridized carbons (Fsp3) is 0.0667. The molecule has 3 rings (SSSR count). The highest BCUT2D eigenvalue weighted by atomic mass is 16.3. The third kappa shape index (κ3) is 1.56. The van der Waals surface area contributed by atoms with Crippen LogP contribution in [-0.4, -0.2) is 4.98 Å². The van der Waals surface area contributed by atoms with E-state index in [4.69, 9.17) is 9.68 Å². The van der Waals surface area contributed by atoms with Gasteiger partial charge in [0.15, 0.2) is 5.58 Å². The molecule has 2 heterocycles. The maximum Gasteiger partial charge on any atom is 0.151 e. The molecule has 18 heavy (non-hydrogen) atoms. The van der Waals surface area contributed by atoms with Gasteiger partial charge in [-0.1, -0.05) is 0 Å². The first-order valence-corrected chi connectivity index (χ1v) is 5.62. The van der Waals surface area contributed by atoms with E-state index in [2.05, 4.69) is 11.1 Å². The third-order valence-electron chi connectivity index (χ3n) is 3.02. The largest absolute Gasteiger partial charge is 0.463 e. The quantitative estimate of drug-likeness (QED) is 0.645. The minimum absolute atomic E-state index is 0.552. The van der Waals surface area contributed by atoms with Crippen molar-refractivity contribution in [2.75, 3.05) is 0 Å². The van der Waals surface area contributed by atoms with Crippen LogP contribution < -0.4 is 0 Å². The first kappa shape index (κ1) is 10.5. The van der Waals surface area contributed by atoms with Gasteiger partial charge in [-0.2, -0.15) is 5.26 Å². The number of pyridine rings is 1. The first-order valence-electron chi connectivity index (χ1n) is 5.62. The standard InChI is InChI=1S/C15H10N2O/c1-10-2-4-17-9-14(10)12-6-11-3-5-18-15(11)13(7-12)8-16/h2-7,9H,1H3. The number of furan rings is 1. The molecule has 3 nitrogen and oxygen atoms in total. The van der Waals surface area contributed by atoms with Gasteiger partial charge in [0.2, 0.25) is 0 Å². The second kappa shape index (κ2) is 4.01. The molecular weight excluding hydrogens is 224 g/mol. The van der Waals surface area contributed by atoms with Crippen LogP contribution in [0.15, 0.2) is 47.3 Å². The van der Waals surface area contributed by atoms with E-state index in [9.17, 15) is 0 Å². The number of hydrogen-bond acceptors (Lipinski definition) is 3. The molecule has 0 atom stereocenters. The minimum atomic E-state index is 0.552. The van der Waals surface area contributed by atoms with Crippen molar-refractivity contribution in [3.63, 3.8) is 0 Å². The van der Waals surface area contributed by atoms with E-state index in [1.165, 1.54) is 0 Å². The van der Waals surface area contributed by atoms with Crippen molar-refractivity contribution in [1.29, 1.82) is 5.26 Å². The summed E-state index contributed by atoms with van der Waals surface area (Å²) in [4.78, 5) is 4.14. The van der Waals surface area contributed by atoms with E-state index in [0.717, 1.165) is 22.1 Å². The lowest BCUT2D eigenvalue weighted by atomic mass is 9.99. The van der Waals surface area contributed by atoms with E-state index >= 15 is 0 Å². The normalized spacial score (nSPS) is 10.4. The zero-order valence-corrected chi connectivity index (χ0v) is 9.84. The lowest BCUT2D eigenvalue weighted by Crippen LogP contribution is -1.86. The Labute approximate surface area is 104 Å². The van der Waals surface area contributed by atoms with E-state index in [1.54, 1.807) is 12.5 Å².